The lowest BCUT2D eigenvalue weighted by Crippen LogP contribution is -2.37. The highest BCUT2D eigenvalue weighted by atomic mass is 16.5. The number of hydrogen-bond donors (Lipinski definition) is 5. The standard InChI is InChI=1S/C21H19N5O3/c1-12-19-16(15-4-2-3-5-17(15)24-19)10-18(23-12)21(28)25-22-11-13-6-8-14(9-7-13)20(27)26-29/h2-10,22,24,29H,11H2,1H3,(H,25,28)(H,26,27). The number of H-pyrrole nitrogens is 1. The number of carbonyl (C=O) groups is 2. The topological polar surface area (TPSA) is 119 Å². The Morgan fingerprint density at radius 3 is 2.55 bits per heavy atom. The van der Waals surface area contributed by atoms with Gasteiger partial charge in [0.1, 0.15) is 5.69 Å². The lowest BCUT2D eigenvalue weighted by Gasteiger charge is -2.08. The molecule has 0 aliphatic heterocycles. The zero-order valence-corrected chi connectivity index (χ0v) is 15.6. The molecule has 2 aromatic carbocycles. The normalized spacial score (nSPS) is 11.0. The summed E-state index contributed by atoms with van der Waals surface area (Å²) in [6, 6.07) is 16.3. The molecular weight excluding hydrogens is 370 g/mol. The Hall–Kier alpha value is -3.75. The van der Waals surface area contributed by atoms with Gasteiger partial charge in [-0.1, -0.05) is 30.3 Å². The number of aromatic amines is 1. The number of fused-ring (bicyclic) bond motifs is 3. The number of aryl methyl sites for hydroxylation is 1. The number of pyridine rings is 1. The van der Waals surface area contributed by atoms with E-state index in [1.54, 1.807) is 35.8 Å². The fraction of sp³-hybridized carbons (Fsp3) is 0.0952. The molecule has 4 rings (SSSR count). The first-order chi connectivity index (χ1) is 14.1. The van der Waals surface area contributed by atoms with E-state index in [1.807, 2.05) is 31.2 Å². The third kappa shape index (κ3) is 3.66. The van der Waals surface area contributed by atoms with Gasteiger partial charge in [0.25, 0.3) is 11.8 Å². The van der Waals surface area contributed by atoms with Crippen LogP contribution >= 0.6 is 0 Å². The molecule has 0 spiro atoms. The summed E-state index contributed by atoms with van der Waals surface area (Å²) in [5, 5.41) is 10.6. The number of benzene rings is 2. The van der Waals surface area contributed by atoms with Crippen molar-refractivity contribution in [3.8, 4) is 0 Å². The van der Waals surface area contributed by atoms with Crippen LogP contribution in [-0.4, -0.2) is 27.0 Å². The highest BCUT2D eigenvalue weighted by molar-refractivity contribution is 6.10. The summed E-state index contributed by atoms with van der Waals surface area (Å²) >= 11 is 0. The molecule has 0 radical (unpaired) electrons. The second-order valence-electron chi connectivity index (χ2n) is 6.63. The van der Waals surface area contributed by atoms with Crippen LogP contribution in [0.3, 0.4) is 0 Å². The SMILES string of the molecule is Cc1nc(C(=O)NNCc2ccc(C(=O)NO)cc2)cc2c1[nH]c1ccccc12. The molecule has 0 aliphatic carbocycles. The number of hydrogen-bond acceptors (Lipinski definition) is 5. The first-order valence-electron chi connectivity index (χ1n) is 9.01. The maximum absolute atomic E-state index is 12.5. The highest BCUT2D eigenvalue weighted by Crippen LogP contribution is 2.27. The third-order valence-electron chi connectivity index (χ3n) is 4.72. The van der Waals surface area contributed by atoms with E-state index in [0.29, 0.717) is 17.8 Å². The van der Waals surface area contributed by atoms with E-state index < -0.39 is 5.91 Å². The molecule has 0 fully saturated rings. The molecule has 0 saturated heterocycles. The van der Waals surface area contributed by atoms with Crippen LogP contribution in [0.5, 0.6) is 0 Å². The monoisotopic (exact) mass is 389 g/mol. The zero-order valence-electron chi connectivity index (χ0n) is 15.6. The first-order valence-corrected chi connectivity index (χ1v) is 9.01. The van der Waals surface area contributed by atoms with E-state index in [2.05, 4.69) is 20.8 Å². The molecule has 2 amide bonds. The molecule has 5 N–H and O–H groups in total. The van der Waals surface area contributed by atoms with Gasteiger partial charge in [-0.05, 0) is 36.8 Å². The minimum absolute atomic E-state index is 0.321. The Balaban J connectivity index is 1.46. The smallest absolute Gasteiger partial charge is 0.283 e. The molecule has 29 heavy (non-hydrogen) atoms. The van der Waals surface area contributed by atoms with Crippen LogP contribution in [0.2, 0.25) is 0 Å². The van der Waals surface area contributed by atoms with Gasteiger partial charge < -0.3 is 4.98 Å². The molecule has 8 heteroatoms. The number of carbonyl (C=O) groups excluding carboxylic acids is 2. The third-order valence-corrected chi connectivity index (χ3v) is 4.72. The van der Waals surface area contributed by atoms with Crippen molar-refractivity contribution < 1.29 is 14.8 Å². The largest absolute Gasteiger partial charge is 0.353 e. The number of para-hydroxylation sites is 1. The van der Waals surface area contributed by atoms with Crippen molar-refractivity contribution >= 4 is 33.6 Å². The Kier molecular flexibility index (Phi) is 4.94. The zero-order chi connectivity index (χ0) is 20.4. The molecule has 0 unspecified atom stereocenters. The summed E-state index contributed by atoms with van der Waals surface area (Å²) in [6.07, 6.45) is 0. The van der Waals surface area contributed by atoms with Gasteiger partial charge in [0, 0.05) is 28.4 Å². The van der Waals surface area contributed by atoms with Gasteiger partial charge in [-0.25, -0.2) is 15.9 Å². The fourth-order valence-corrected chi connectivity index (χ4v) is 3.25. The maximum Gasteiger partial charge on any atom is 0.283 e. The average Bonchev–Trinajstić information content (AvgIpc) is 3.13. The number of hydrazine groups is 1. The predicted octanol–water partition coefficient (Wildman–Crippen LogP) is 2.58. The van der Waals surface area contributed by atoms with Crippen LogP contribution in [-0.2, 0) is 6.54 Å². The molecule has 8 nitrogen and oxygen atoms in total. The van der Waals surface area contributed by atoms with Crippen LogP contribution in [0.15, 0.2) is 54.6 Å². The Bertz CT molecular complexity index is 1210. The van der Waals surface area contributed by atoms with E-state index >= 15 is 0 Å². The van der Waals surface area contributed by atoms with Crippen molar-refractivity contribution in [2.45, 2.75) is 13.5 Å². The summed E-state index contributed by atoms with van der Waals surface area (Å²) < 4.78 is 0. The quantitative estimate of drug-likeness (QED) is 0.265. The van der Waals surface area contributed by atoms with E-state index in [-0.39, 0.29) is 5.91 Å². The maximum atomic E-state index is 12.5. The molecule has 2 heterocycles. The van der Waals surface area contributed by atoms with Crippen LogP contribution in [0.4, 0.5) is 0 Å². The molecule has 146 valence electrons. The summed E-state index contributed by atoms with van der Waals surface area (Å²) in [4.78, 5) is 31.6. The Morgan fingerprint density at radius 1 is 1.03 bits per heavy atom. The summed E-state index contributed by atoms with van der Waals surface area (Å²) in [7, 11) is 0. The van der Waals surface area contributed by atoms with E-state index in [4.69, 9.17) is 5.21 Å². The van der Waals surface area contributed by atoms with Gasteiger partial charge in [0.05, 0.1) is 11.2 Å². The number of hydroxylamine groups is 1. The molecule has 0 atom stereocenters. The Morgan fingerprint density at radius 2 is 1.79 bits per heavy atom. The first kappa shape index (κ1) is 18.6. The fourth-order valence-electron chi connectivity index (χ4n) is 3.25. The molecular formula is C21H19N5O3. The lowest BCUT2D eigenvalue weighted by atomic mass is 10.1. The molecule has 0 saturated carbocycles. The second-order valence-corrected chi connectivity index (χ2v) is 6.63. The molecule has 0 aliphatic rings. The van der Waals surface area contributed by atoms with Crippen molar-refractivity contribution in [2.24, 2.45) is 0 Å². The van der Waals surface area contributed by atoms with Gasteiger partial charge >= 0.3 is 0 Å². The van der Waals surface area contributed by atoms with Gasteiger partial charge in [0.2, 0.25) is 0 Å². The minimum atomic E-state index is -0.577. The van der Waals surface area contributed by atoms with Gasteiger partial charge in [-0.3, -0.25) is 20.2 Å². The van der Waals surface area contributed by atoms with Crippen LogP contribution in [0.1, 0.15) is 32.1 Å². The van der Waals surface area contributed by atoms with Gasteiger partial charge in [-0.15, -0.1) is 0 Å². The van der Waals surface area contributed by atoms with E-state index in [1.165, 1.54) is 0 Å². The van der Waals surface area contributed by atoms with Gasteiger partial charge in [0.15, 0.2) is 0 Å². The minimum Gasteiger partial charge on any atom is -0.353 e. The molecule has 4 aromatic rings. The number of rotatable bonds is 5. The van der Waals surface area contributed by atoms with Crippen molar-refractivity contribution in [1.29, 1.82) is 0 Å². The number of aromatic nitrogens is 2. The molecule has 0 bridgehead atoms. The second kappa shape index (κ2) is 7.70. The van der Waals surface area contributed by atoms with E-state index in [0.717, 1.165) is 33.1 Å². The number of nitrogens with zero attached hydrogens (tertiary/aromatic N) is 1. The van der Waals surface area contributed by atoms with Crippen molar-refractivity contribution in [3.63, 3.8) is 0 Å². The van der Waals surface area contributed by atoms with E-state index in [9.17, 15) is 9.59 Å². The van der Waals surface area contributed by atoms with Crippen molar-refractivity contribution in [3.05, 3.63) is 77.1 Å². The van der Waals surface area contributed by atoms with Crippen LogP contribution < -0.4 is 16.3 Å². The van der Waals surface area contributed by atoms with Crippen molar-refractivity contribution in [2.75, 3.05) is 0 Å². The lowest BCUT2D eigenvalue weighted by molar-refractivity contribution is 0.0706. The summed E-state index contributed by atoms with van der Waals surface area (Å²) in [5.41, 5.74) is 11.3. The predicted molar refractivity (Wildman–Crippen MR) is 108 cm³/mol. The molecule has 2 aromatic heterocycles. The van der Waals surface area contributed by atoms with Crippen molar-refractivity contribution in [1.82, 2.24) is 26.3 Å². The van der Waals surface area contributed by atoms with Crippen LogP contribution in [0.25, 0.3) is 21.8 Å². The average molecular weight is 389 g/mol. The summed E-state index contributed by atoms with van der Waals surface area (Å²) in [6.45, 7) is 2.23. The summed E-state index contributed by atoms with van der Waals surface area (Å²) in [5.74, 6) is -0.913. The van der Waals surface area contributed by atoms with Gasteiger partial charge in [-0.2, -0.15) is 0 Å². The highest BCUT2D eigenvalue weighted by Gasteiger charge is 2.13. The number of amides is 2. The number of nitrogens with one attached hydrogen (secondary N) is 4. The van der Waals surface area contributed by atoms with Crippen LogP contribution in [0, 0.1) is 6.92 Å². The Labute approximate surface area is 165 Å².